The predicted octanol–water partition coefficient (Wildman–Crippen LogP) is 1.30. The van der Waals surface area contributed by atoms with Crippen molar-refractivity contribution in [2.75, 3.05) is 19.0 Å². The zero-order chi connectivity index (χ0) is 16.9. The first kappa shape index (κ1) is 17.0. The van der Waals surface area contributed by atoms with E-state index in [1.807, 2.05) is 0 Å². The number of hydrogen-bond donors (Lipinski definition) is 2. The van der Waals surface area contributed by atoms with Gasteiger partial charge < -0.3 is 14.6 Å². The molecule has 0 unspecified atom stereocenters. The Kier molecular flexibility index (Phi) is 5.35. The van der Waals surface area contributed by atoms with Gasteiger partial charge >= 0.3 is 0 Å². The Morgan fingerprint density at radius 1 is 1.30 bits per heavy atom. The lowest BCUT2D eigenvalue weighted by Crippen LogP contribution is -2.27. The number of aromatic nitrogens is 1. The lowest BCUT2D eigenvalue weighted by atomic mass is 10.3. The first-order chi connectivity index (χ1) is 10.9. The van der Waals surface area contributed by atoms with Crippen LogP contribution in [0.4, 0.5) is 5.82 Å². The van der Waals surface area contributed by atoms with Gasteiger partial charge in [-0.15, -0.1) is 0 Å². The summed E-state index contributed by atoms with van der Waals surface area (Å²) in [6.45, 7) is 1.67. The Balaban J connectivity index is 1.85. The van der Waals surface area contributed by atoms with Gasteiger partial charge in [0.25, 0.3) is 0 Å². The standard InChI is InChI=1S/C14H17N3O5S/c1-10-9-13(17-22-10)16-14(18)7-8-15-23(19,20)12-5-3-11(21-2)4-6-12/h3-6,9,15H,7-8H2,1-2H3,(H,16,17,18). The molecule has 0 spiro atoms. The van der Waals surface area contributed by atoms with Crippen molar-refractivity contribution in [2.45, 2.75) is 18.2 Å². The van der Waals surface area contributed by atoms with E-state index in [-0.39, 0.29) is 23.8 Å². The lowest BCUT2D eigenvalue weighted by Gasteiger charge is -2.07. The minimum absolute atomic E-state index is 0.0265. The molecule has 124 valence electrons. The summed E-state index contributed by atoms with van der Waals surface area (Å²) in [5.41, 5.74) is 0. The number of carbonyl (C=O) groups excluding carboxylic acids is 1. The number of carbonyl (C=O) groups is 1. The lowest BCUT2D eigenvalue weighted by molar-refractivity contribution is -0.116. The van der Waals surface area contributed by atoms with Gasteiger partial charge in [0.2, 0.25) is 15.9 Å². The van der Waals surface area contributed by atoms with E-state index in [9.17, 15) is 13.2 Å². The van der Waals surface area contributed by atoms with Gasteiger partial charge in [0, 0.05) is 19.0 Å². The third-order valence-electron chi connectivity index (χ3n) is 2.91. The Morgan fingerprint density at radius 2 is 2.00 bits per heavy atom. The van der Waals surface area contributed by atoms with E-state index in [1.165, 1.54) is 19.2 Å². The largest absolute Gasteiger partial charge is 0.497 e. The zero-order valence-electron chi connectivity index (χ0n) is 12.7. The van der Waals surface area contributed by atoms with Crippen LogP contribution >= 0.6 is 0 Å². The second-order valence-corrected chi connectivity index (χ2v) is 6.46. The van der Waals surface area contributed by atoms with E-state index in [1.54, 1.807) is 25.1 Å². The summed E-state index contributed by atoms with van der Waals surface area (Å²) in [4.78, 5) is 11.8. The Bertz CT molecular complexity index is 768. The highest BCUT2D eigenvalue weighted by molar-refractivity contribution is 7.89. The highest BCUT2D eigenvalue weighted by atomic mass is 32.2. The van der Waals surface area contributed by atoms with Crippen molar-refractivity contribution < 1.29 is 22.5 Å². The summed E-state index contributed by atoms with van der Waals surface area (Å²) in [6.07, 6.45) is -0.0265. The Hall–Kier alpha value is -2.39. The molecule has 2 aromatic rings. The summed E-state index contributed by atoms with van der Waals surface area (Å²) in [5.74, 6) is 1.06. The van der Waals surface area contributed by atoms with Gasteiger partial charge in [0.05, 0.1) is 12.0 Å². The van der Waals surface area contributed by atoms with Crippen LogP contribution in [0.25, 0.3) is 0 Å². The Morgan fingerprint density at radius 3 is 2.57 bits per heavy atom. The minimum atomic E-state index is -3.67. The number of methoxy groups -OCH3 is 1. The highest BCUT2D eigenvalue weighted by Crippen LogP contribution is 2.15. The van der Waals surface area contributed by atoms with E-state index < -0.39 is 10.0 Å². The fourth-order valence-electron chi connectivity index (χ4n) is 1.77. The van der Waals surface area contributed by atoms with Gasteiger partial charge in [-0.25, -0.2) is 13.1 Å². The summed E-state index contributed by atoms with van der Waals surface area (Å²) < 4.78 is 36.3. The molecule has 0 aliphatic heterocycles. The van der Waals surface area contributed by atoms with Crippen LogP contribution < -0.4 is 14.8 Å². The molecular weight excluding hydrogens is 322 g/mol. The molecule has 1 amide bonds. The van der Waals surface area contributed by atoms with Crippen LogP contribution in [0.1, 0.15) is 12.2 Å². The summed E-state index contributed by atoms with van der Waals surface area (Å²) in [7, 11) is -2.17. The van der Waals surface area contributed by atoms with Crippen molar-refractivity contribution >= 4 is 21.7 Å². The molecule has 23 heavy (non-hydrogen) atoms. The van der Waals surface area contributed by atoms with Crippen LogP contribution in [-0.2, 0) is 14.8 Å². The van der Waals surface area contributed by atoms with Crippen LogP contribution in [0.5, 0.6) is 5.75 Å². The van der Waals surface area contributed by atoms with Crippen molar-refractivity contribution in [3.63, 3.8) is 0 Å². The van der Waals surface area contributed by atoms with Gasteiger partial charge in [-0.2, -0.15) is 0 Å². The normalized spacial score (nSPS) is 11.2. The number of rotatable bonds is 7. The van der Waals surface area contributed by atoms with Crippen LogP contribution in [0, 0.1) is 6.92 Å². The smallest absolute Gasteiger partial charge is 0.240 e. The number of anilines is 1. The zero-order valence-corrected chi connectivity index (χ0v) is 13.5. The second-order valence-electron chi connectivity index (χ2n) is 4.69. The third-order valence-corrected chi connectivity index (χ3v) is 4.39. The number of nitrogens with one attached hydrogen (secondary N) is 2. The molecule has 0 bridgehead atoms. The number of amides is 1. The molecule has 0 radical (unpaired) electrons. The SMILES string of the molecule is COc1ccc(S(=O)(=O)NCCC(=O)Nc2cc(C)on2)cc1. The number of benzene rings is 1. The van der Waals surface area contributed by atoms with Crippen molar-refractivity contribution in [2.24, 2.45) is 0 Å². The first-order valence-electron chi connectivity index (χ1n) is 6.77. The molecule has 0 aliphatic rings. The first-order valence-corrected chi connectivity index (χ1v) is 8.26. The summed E-state index contributed by atoms with van der Waals surface area (Å²) >= 11 is 0. The molecular formula is C14H17N3O5S. The third kappa shape index (κ3) is 4.80. The quantitative estimate of drug-likeness (QED) is 0.786. The van der Waals surface area contributed by atoms with Crippen molar-refractivity contribution in [1.82, 2.24) is 9.88 Å². The summed E-state index contributed by atoms with van der Waals surface area (Å²) in [6, 6.07) is 7.53. The fourth-order valence-corrected chi connectivity index (χ4v) is 2.80. The molecule has 9 heteroatoms. The summed E-state index contributed by atoms with van der Waals surface area (Å²) in [5, 5.41) is 6.13. The van der Waals surface area contributed by atoms with Crippen molar-refractivity contribution in [3.8, 4) is 5.75 Å². The number of nitrogens with zero attached hydrogens (tertiary/aromatic N) is 1. The van der Waals surface area contributed by atoms with Gasteiger partial charge in [-0.1, -0.05) is 5.16 Å². The monoisotopic (exact) mass is 339 g/mol. The van der Waals surface area contributed by atoms with Crippen molar-refractivity contribution in [3.05, 3.63) is 36.1 Å². The number of ether oxygens (including phenoxy) is 1. The maximum atomic E-state index is 12.1. The maximum absolute atomic E-state index is 12.1. The number of aryl methyl sites for hydroxylation is 1. The maximum Gasteiger partial charge on any atom is 0.240 e. The molecule has 1 aromatic carbocycles. The fraction of sp³-hybridized carbons (Fsp3) is 0.286. The second kappa shape index (κ2) is 7.25. The molecule has 8 nitrogen and oxygen atoms in total. The predicted molar refractivity (Wildman–Crippen MR) is 82.7 cm³/mol. The van der Waals surface area contributed by atoms with Gasteiger partial charge in [0.15, 0.2) is 5.82 Å². The van der Waals surface area contributed by atoms with Crippen LogP contribution in [0.2, 0.25) is 0 Å². The van der Waals surface area contributed by atoms with Gasteiger partial charge in [-0.05, 0) is 31.2 Å². The van der Waals surface area contributed by atoms with Crippen LogP contribution in [0.3, 0.4) is 0 Å². The van der Waals surface area contributed by atoms with Gasteiger partial charge in [-0.3, -0.25) is 4.79 Å². The molecule has 0 saturated carbocycles. The average Bonchev–Trinajstić information content (AvgIpc) is 2.92. The number of sulfonamides is 1. The highest BCUT2D eigenvalue weighted by Gasteiger charge is 2.14. The van der Waals surface area contributed by atoms with Crippen molar-refractivity contribution in [1.29, 1.82) is 0 Å². The topological polar surface area (TPSA) is 111 Å². The minimum Gasteiger partial charge on any atom is -0.497 e. The molecule has 1 aromatic heterocycles. The molecule has 1 heterocycles. The average molecular weight is 339 g/mol. The number of hydrogen-bond acceptors (Lipinski definition) is 6. The molecule has 0 fully saturated rings. The molecule has 2 rings (SSSR count). The van der Waals surface area contributed by atoms with E-state index in [4.69, 9.17) is 9.26 Å². The van der Waals surface area contributed by atoms with Crippen LogP contribution in [-0.4, -0.2) is 33.1 Å². The molecule has 0 atom stereocenters. The van der Waals surface area contributed by atoms with Gasteiger partial charge in [0.1, 0.15) is 11.5 Å². The molecule has 0 saturated heterocycles. The Labute approximate surface area is 133 Å². The van der Waals surface area contributed by atoms with E-state index in [2.05, 4.69) is 15.2 Å². The van der Waals surface area contributed by atoms with E-state index in [0.717, 1.165) is 0 Å². The van der Waals surface area contributed by atoms with Crippen LogP contribution in [0.15, 0.2) is 39.8 Å². The van der Waals surface area contributed by atoms with E-state index >= 15 is 0 Å². The molecule has 2 N–H and O–H groups in total. The molecule has 0 aliphatic carbocycles. The van der Waals surface area contributed by atoms with E-state index in [0.29, 0.717) is 17.3 Å².